The first-order chi connectivity index (χ1) is 11.4. The van der Waals surface area contributed by atoms with Gasteiger partial charge >= 0.3 is 17.9 Å². The van der Waals surface area contributed by atoms with E-state index in [0.29, 0.717) is 25.3 Å². The van der Waals surface area contributed by atoms with Crippen LogP contribution < -0.4 is 4.90 Å². The molecule has 1 aromatic carbocycles. The van der Waals surface area contributed by atoms with Crippen LogP contribution in [-0.4, -0.2) is 50.8 Å². The number of hydrogen-bond acceptors (Lipinski definition) is 7. The Hall–Kier alpha value is -2.57. The van der Waals surface area contributed by atoms with Crippen molar-refractivity contribution in [3.8, 4) is 0 Å². The lowest BCUT2D eigenvalue weighted by molar-refractivity contribution is -0.141. The molecule has 0 aliphatic rings. The van der Waals surface area contributed by atoms with Crippen LogP contribution in [0.1, 0.15) is 31.1 Å². The fourth-order valence-corrected chi connectivity index (χ4v) is 1.99. The number of ether oxygens (including phenoxy) is 3. The van der Waals surface area contributed by atoms with Crippen LogP contribution in [0, 0.1) is 0 Å². The molecule has 24 heavy (non-hydrogen) atoms. The summed E-state index contributed by atoms with van der Waals surface area (Å²) in [6, 6.07) is 6.87. The van der Waals surface area contributed by atoms with Crippen LogP contribution in [0.4, 0.5) is 5.69 Å². The summed E-state index contributed by atoms with van der Waals surface area (Å²) < 4.78 is 14.8. The number of benzene rings is 1. The maximum Gasteiger partial charge on any atom is 0.338 e. The minimum Gasteiger partial charge on any atom is -0.464 e. The Morgan fingerprint density at radius 2 is 1.38 bits per heavy atom. The Kier molecular flexibility index (Phi) is 8.32. The van der Waals surface area contributed by atoms with E-state index >= 15 is 0 Å². The molecule has 132 valence electrons. The minimum absolute atomic E-state index is 0.217. The third-order valence-electron chi connectivity index (χ3n) is 3.08. The summed E-state index contributed by atoms with van der Waals surface area (Å²) in [6.45, 7) is 6.08. The van der Waals surface area contributed by atoms with Crippen LogP contribution >= 0.6 is 0 Å². The highest BCUT2D eigenvalue weighted by atomic mass is 16.5. The molecule has 0 bridgehead atoms. The van der Waals surface area contributed by atoms with Crippen LogP contribution in [0.2, 0.25) is 0 Å². The van der Waals surface area contributed by atoms with Crippen molar-refractivity contribution in [2.45, 2.75) is 20.8 Å². The third-order valence-corrected chi connectivity index (χ3v) is 3.08. The molecule has 0 aromatic heterocycles. The lowest BCUT2D eigenvalue weighted by Gasteiger charge is -2.24. The SMILES string of the molecule is CCOC(=O)c1ccc(N(CCOC(C)=O)CCOC(C)=O)cc1. The van der Waals surface area contributed by atoms with Gasteiger partial charge in [0.2, 0.25) is 0 Å². The highest BCUT2D eigenvalue weighted by Gasteiger charge is 2.11. The molecule has 0 aliphatic carbocycles. The molecule has 7 heteroatoms. The topological polar surface area (TPSA) is 82.1 Å². The Balaban J connectivity index is 2.74. The monoisotopic (exact) mass is 337 g/mol. The van der Waals surface area contributed by atoms with Gasteiger partial charge in [-0.25, -0.2) is 4.79 Å². The molecule has 0 radical (unpaired) electrons. The number of hydrogen-bond donors (Lipinski definition) is 0. The summed E-state index contributed by atoms with van der Waals surface area (Å²) in [5, 5.41) is 0. The van der Waals surface area contributed by atoms with E-state index in [1.165, 1.54) is 13.8 Å². The van der Waals surface area contributed by atoms with E-state index in [4.69, 9.17) is 14.2 Å². The molecule has 0 amide bonds. The molecule has 0 N–H and O–H groups in total. The lowest BCUT2D eigenvalue weighted by Crippen LogP contribution is -2.31. The first-order valence-electron chi connectivity index (χ1n) is 7.73. The molecular weight excluding hydrogens is 314 g/mol. The van der Waals surface area contributed by atoms with E-state index in [-0.39, 0.29) is 31.1 Å². The van der Waals surface area contributed by atoms with Gasteiger partial charge in [-0.3, -0.25) is 9.59 Å². The number of nitrogens with zero attached hydrogens (tertiary/aromatic N) is 1. The van der Waals surface area contributed by atoms with Crippen molar-refractivity contribution >= 4 is 23.6 Å². The Morgan fingerprint density at radius 3 is 1.79 bits per heavy atom. The van der Waals surface area contributed by atoms with Gasteiger partial charge in [0.05, 0.1) is 25.3 Å². The van der Waals surface area contributed by atoms with Gasteiger partial charge in [-0.05, 0) is 31.2 Å². The molecular formula is C17H23NO6. The van der Waals surface area contributed by atoms with E-state index in [9.17, 15) is 14.4 Å². The zero-order valence-electron chi connectivity index (χ0n) is 14.2. The Morgan fingerprint density at radius 1 is 0.875 bits per heavy atom. The number of anilines is 1. The average molecular weight is 337 g/mol. The highest BCUT2D eigenvalue weighted by molar-refractivity contribution is 5.89. The van der Waals surface area contributed by atoms with Crippen molar-refractivity contribution in [1.82, 2.24) is 0 Å². The number of rotatable bonds is 9. The van der Waals surface area contributed by atoms with Gasteiger partial charge in [0, 0.05) is 19.5 Å². The van der Waals surface area contributed by atoms with Crippen LogP contribution in [-0.2, 0) is 23.8 Å². The first kappa shape index (κ1) is 19.5. The number of carbonyl (C=O) groups is 3. The molecule has 1 rings (SSSR count). The van der Waals surface area contributed by atoms with Gasteiger partial charge in [0.25, 0.3) is 0 Å². The van der Waals surface area contributed by atoms with Gasteiger partial charge in [0.15, 0.2) is 0 Å². The third kappa shape index (κ3) is 7.13. The van der Waals surface area contributed by atoms with Crippen molar-refractivity contribution in [2.75, 3.05) is 37.8 Å². The fourth-order valence-electron chi connectivity index (χ4n) is 1.99. The van der Waals surface area contributed by atoms with Gasteiger partial charge in [0.1, 0.15) is 13.2 Å². The van der Waals surface area contributed by atoms with Crippen molar-refractivity contribution in [1.29, 1.82) is 0 Å². The average Bonchev–Trinajstić information content (AvgIpc) is 2.53. The maximum absolute atomic E-state index is 11.7. The minimum atomic E-state index is -0.379. The maximum atomic E-state index is 11.7. The van der Waals surface area contributed by atoms with E-state index in [2.05, 4.69) is 0 Å². The van der Waals surface area contributed by atoms with Crippen LogP contribution in [0.5, 0.6) is 0 Å². The smallest absolute Gasteiger partial charge is 0.338 e. The standard InChI is InChI=1S/C17H23NO6/c1-4-22-17(21)15-5-7-16(8-6-15)18(9-11-23-13(2)19)10-12-24-14(3)20/h5-8H,4,9-12H2,1-3H3. The Labute approximate surface area is 141 Å². The van der Waals surface area contributed by atoms with Crippen LogP contribution in [0.15, 0.2) is 24.3 Å². The molecule has 0 heterocycles. The molecule has 0 saturated carbocycles. The predicted octanol–water partition coefficient (Wildman–Crippen LogP) is 1.80. The first-order valence-corrected chi connectivity index (χ1v) is 7.73. The lowest BCUT2D eigenvalue weighted by atomic mass is 10.2. The molecule has 0 unspecified atom stereocenters. The molecule has 0 fully saturated rings. The zero-order chi connectivity index (χ0) is 17.9. The zero-order valence-corrected chi connectivity index (χ0v) is 14.2. The summed E-state index contributed by atoms with van der Waals surface area (Å²) >= 11 is 0. The van der Waals surface area contributed by atoms with Crippen molar-refractivity contribution in [3.05, 3.63) is 29.8 Å². The van der Waals surface area contributed by atoms with E-state index < -0.39 is 0 Å². The van der Waals surface area contributed by atoms with E-state index in [0.717, 1.165) is 5.69 Å². The van der Waals surface area contributed by atoms with Crippen molar-refractivity contribution < 1.29 is 28.6 Å². The summed E-state index contributed by atoms with van der Waals surface area (Å²) in [4.78, 5) is 35.3. The normalized spacial score (nSPS) is 9.96. The van der Waals surface area contributed by atoms with Gasteiger partial charge in [-0.1, -0.05) is 0 Å². The second-order valence-corrected chi connectivity index (χ2v) is 4.93. The van der Waals surface area contributed by atoms with Gasteiger partial charge < -0.3 is 19.1 Å². The molecule has 1 aromatic rings. The molecule has 0 atom stereocenters. The van der Waals surface area contributed by atoms with Crippen molar-refractivity contribution in [3.63, 3.8) is 0 Å². The van der Waals surface area contributed by atoms with Crippen LogP contribution in [0.3, 0.4) is 0 Å². The second kappa shape index (κ2) is 10.3. The second-order valence-electron chi connectivity index (χ2n) is 4.93. The molecule has 0 saturated heterocycles. The van der Waals surface area contributed by atoms with Crippen LogP contribution in [0.25, 0.3) is 0 Å². The quantitative estimate of drug-likeness (QED) is 0.502. The summed E-state index contributed by atoms with van der Waals surface area (Å²) in [6.07, 6.45) is 0. The molecule has 7 nitrogen and oxygen atoms in total. The van der Waals surface area contributed by atoms with E-state index in [1.54, 1.807) is 31.2 Å². The highest BCUT2D eigenvalue weighted by Crippen LogP contribution is 2.16. The van der Waals surface area contributed by atoms with Crippen molar-refractivity contribution in [2.24, 2.45) is 0 Å². The van der Waals surface area contributed by atoms with E-state index in [1.807, 2.05) is 4.90 Å². The summed E-state index contributed by atoms with van der Waals surface area (Å²) in [5.74, 6) is -1.09. The number of carbonyl (C=O) groups excluding carboxylic acids is 3. The van der Waals surface area contributed by atoms with Gasteiger partial charge in [-0.15, -0.1) is 0 Å². The Bertz CT molecular complexity index is 535. The molecule has 0 aliphatic heterocycles. The number of esters is 3. The summed E-state index contributed by atoms with van der Waals surface area (Å²) in [7, 11) is 0. The van der Waals surface area contributed by atoms with Gasteiger partial charge in [-0.2, -0.15) is 0 Å². The summed E-state index contributed by atoms with van der Waals surface area (Å²) in [5.41, 5.74) is 1.28. The molecule has 0 spiro atoms. The largest absolute Gasteiger partial charge is 0.464 e. The predicted molar refractivity (Wildman–Crippen MR) is 87.9 cm³/mol. The fraction of sp³-hybridized carbons (Fsp3) is 0.471.